The largest absolute Gasteiger partial charge is 0.352 e. The van der Waals surface area contributed by atoms with Crippen molar-refractivity contribution in [2.24, 2.45) is 5.92 Å². The van der Waals surface area contributed by atoms with E-state index in [1.165, 1.54) is 25.7 Å². The zero-order chi connectivity index (χ0) is 12.3. The van der Waals surface area contributed by atoms with E-state index in [0.29, 0.717) is 12.0 Å². The summed E-state index contributed by atoms with van der Waals surface area (Å²) in [6.07, 6.45) is 7.20. The van der Waals surface area contributed by atoms with Crippen LogP contribution in [0.5, 0.6) is 0 Å². The van der Waals surface area contributed by atoms with E-state index in [1.807, 2.05) is 11.8 Å². The number of carbonyl (C=O) groups excluding carboxylic acids is 1. The molecule has 0 aromatic rings. The number of carbonyl (C=O) groups is 1. The molecule has 98 valence electrons. The minimum Gasteiger partial charge on any atom is -0.352 e. The summed E-state index contributed by atoms with van der Waals surface area (Å²) in [6, 6.07) is 0.397. The second-order valence-corrected chi connectivity index (χ2v) is 7.71. The monoisotopic (exact) mass is 319 g/mol. The van der Waals surface area contributed by atoms with Gasteiger partial charge in [-0.05, 0) is 44.3 Å². The number of hydrogen-bond acceptors (Lipinski definition) is 2. The van der Waals surface area contributed by atoms with Crippen LogP contribution >= 0.6 is 27.7 Å². The normalized spacial score (nSPS) is 38.0. The quantitative estimate of drug-likeness (QED) is 0.808. The predicted molar refractivity (Wildman–Crippen MR) is 77.8 cm³/mol. The summed E-state index contributed by atoms with van der Waals surface area (Å²) in [5.74, 6) is 2.04. The second-order valence-electron chi connectivity index (χ2n) is 5.46. The second kappa shape index (κ2) is 5.96. The first-order valence-electron chi connectivity index (χ1n) is 6.66. The fraction of sp³-hybridized carbons (Fsp3) is 0.923. The molecule has 3 atom stereocenters. The lowest BCUT2D eigenvalue weighted by Gasteiger charge is -2.33. The van der Waals surface area contributed by atoms with Crippen molar-refractivity contribution in [2.45, 2.75) is 56.2 Å². The standard InChI is InChI=1S/C13H22BrNOS/c1-13(7-4-8-17-13)12(16)15-11-6-3-2-5-10(11)9-14/h10-11H,2-9H2,1H3,(H,15,16). The third-order valence-corrected chi connectivity index (χ3v) is 6.47. The molecule has 3 unspecified atom stereocenters. The van der Waals surface area contributed by atoms with Crippen molar-refractivity contribution in [2.75, 3.05) is 11.1 Å². The lowest BCUT2D eigenvalue weighted by molar-refractivity contribution is -0.124. The Morgan fingerprint density at radius 1 is 1.41 bits per heavy atom. The van der Waals surface area contributed by atoms with Crippen molar-refractivity contribution in [3.8, 4) is 0 Å². The highest BCUT2D eigenvalue weighted by Crippen LogP contribution is 2.38. The molecule has 1 heterocycles. The fourth-order valence-electron chi connectivity index (χ4n) is 2.86. The van der Waals surface area contributed by atoms with Gasteiger partial charge in [-0.3, -0.25) is 4.79 Å². The third kappa shape index (κ3) is 3.19. The van der Waals surface area contributed by atoms with E-state index in [-0.39, 0.29) is 10.7 Å². The molecule has 1 N–H and O–H groups in total. The molecule has 1 amide bonds. The average molecular weight is 320 g/mol. The Bertz CT molecular complexity index is 279. The van der Waals surface area contributed by atoms with Crippen LogP contribution in [-0.2, 0) is 4.79 Å². The fourth-order valence-corrected chi connectivity index (χ4v) is 4.85. The van der Waals surface area contributed by atoms with E-state index in [4.69, 9.17) is 0 Å². The molecule has 0 spiro atoms. The molecule has 2 nitrogen and oxygen atoms in total. The summed E-state index contributed by atoms with van der Waals surface area (Å²) in [5.41, 5.74) is 0. The molecule has 0 radical (unpaired) electrons. The molecule has 4 heteroatoms. The van der Waals surface area contributed by atoms with Crippen LogP contribution in [0.15, 0.2) is 0 Å². The van der Waals surface area contributed by atoms with Crippen LogP contribution in [0.4, 0.5) is 0 Å². The number of hydrogen-bond donors (Lipinski definition) is 1. The Morgan fingerprint density at radius 3 is 2.82 bits per heavy atom. The number of rotatable bonds is 3. The molecule has 2 rings (SSSR count). The van der Waals surface area contributed by atoms with Crippen molar-refractivity contribution >= 4 is 33.6 Å². The molecular formula is C13H22BrNOS. The smallest absolute Gasteiger partial charge is 0.236 e. The summed E-state index contributed by atoms with van der Waals surface area (Å²) in [5, 5.41) is 4.33. The van der Waals surface area contributed by atoms with E-state index >= 15 is 0 Å². The van der Waals surface area contributed by atoms with Gasteiger partial charge in [-0.1, -0.05) is 28.8 Å². The van der Waals surface area contributed by atoms with Crippen molar-refractivity contribution in [3.63, 3.8) is 0 Å². The molecule has 2 aliphatic rings. The van der Waals surface area contributed by atoms with E-state index in [2.05, 4.69) is 28.2 Å². The molecule has 0 aromatic carbocycles. The van der Waals surface area contributed by atoms with Crippen molar-refractivity contribution < 1.29 is 4.79 Å². The lowest BCUT2D eigenvalue weighted by atomic mass is 9.85. The SMILES string of the molecule is CC1(C(=O)NC2CCCCC2CBr)CCCS1. The minimum atomic E-state index is -0.158. The topological polar surface area (TPSA) is 29.1 Å². The van der Waals surface area contributed by atoms with Gasteiger partial charge in [0.15, 0.2) is 0 Å². The Morgan fingerprint density at radius 2 is 2.18 bits per heavy atom. The Kier molecular flexibility index (Phi) is 4.81. The van der Waals surface area contributed by atoms with Crippen molar-refractivity contribution in [3.05, 3.63) is 0 Å². The highest BCUT2D eigenvalue weighted by molar-refractivity contribution is 9.09. The first-order chi connectivity index (χ1) is 8.15. The summed E-state index contributed by atoms with van der Waals surface area (Å²) >= 11 is 5.41. The molecule has 0 bridgehead atoms. The highest BCUT2D eigenvalue weighted by atomic mass is 79.9. The van der Waals surface area contributed by atoms with Gasteiger partial charge in [-0.15, -0.1) is 11.8 Å². The summed E-state index contributed by atoms with van der Waals surface area (Å²) in [6.45, 7) is 2.10. The number of amides is 1. The molecular weight excluding hydrogens is 298 g/mol. The first-order valence-corrected chi connectivity index (χ1v) is 8.77. The first kappa shape index (κ1) is 13.7. The molecule has 1 aliphatic carbocycles. The number of halogens is 1. The highest BCUT2D eigenvalue weighted by Gasteiger charge is 2.39. The zero-order valence-electron chi connectivity index (χ0n) is 10.5. The van der Waals surface area contributed by atoms with E-state index in [9.17, 15) is 4.79 Å². The maximum atomic E-state index is 12.3. The maximum Gasteiger partial charge on any atom is 0.236 e. The Hall–Kier alpha value is 0.300. The van der Waals surface area contributed by atoms with Gasteiger partial charge in [0.25, 0.3) is 0 Å². The summed E-state index contributed by atoms with van der Waals surface area (Å²) < 4.78 is -0.158. The average Bonchev–Trinajstić information content (AvgIpc) is 2.78. The number of thioether (sulfide) groups is 1. The third-order valence-electron chi connectivity index (χ3n) is 4.12. The van der Waals surface area contributed by atoms with Crippen LogP contribution < -0.4 is 5.32 Å². The van der Waals surface area contributed by atoms with Crippen LogP contribution in [0.25, 0.3) is 0 Å². The lowest BCUT2D eigenvalue weighted by Crippen LogP contribution is -2.49. The van der Waals surface area contributed by atoms with Gasteiger partial charge in [-0.2, -0.15) is 0 Å². The molecule has 1 saturated carbocycles. The molecule has 1 saturated heterocycles. The van der Waals surface area contributed by atoms with Crippen LogP contribution in [0.3, 0.4) is 0 Å². The summed E-state index contributed by atoms with van der Waals surface area (Å²) in [7, 11) is 0. The molecule has 17 heavy (non-hydrogen) atoms. The van der Waals surface area contributed by atoms with Crippen LogP contribution in [0.2, 0.25) is 0 Å². The van der Waals surface area contributed by atoms with Gasteiger partial charge in [0.1, 0.15) is 0 Å². The van der Waals surface area contributed by atoms with E-state index in [0.717, 1.165) is 23.9 Å². The van der Waals surface area contributed by atoms with Gasteiger partial charge >= 0.3 is 0 Å². The molecule has 1 aliphatic heterocycles. The Labute approximate surface area is 117 Å². The predicted octanol–water partition coefficient (Wildman–Crippen LogP) is 3.34. The van der Waals surface area contributed by atoms with E-state index < -0.39 is 0 Å². The Balaban J connectivity index is 1.92. The molecule has 0 aromatic heterocycles. The van der Waals surface area contributed by atoms with Gasteiger partial charge in [0.05, 0.1) is 4.75 Å². The van der Waals surface area contributed by atoms with E-state index in [1.54, 1.807) is 0 Å². The van der Waals surface area contributed by atoms with Crippen LogP contribution in [-0.4, -0.2) is 27.8 Å². The maximum absolute atomic E-state index is 12.3. The van der Waals surface area contributed by atoms with Gasteiger partial charge in [0.2, 0.25) is 5.91 Å². The molecule has 2 fully saturated rings. The number of alkyl halides is 1. The minimum absolute atomic E-state index is 0.158. The van der Waals surface area contributed by atoms with Gasteiger partial charge in [0, 0.05) is 11.4 Å². The summed E-state index contributed by atoms with van der Waals surface area (Å²) in [4.78, 5) is 12.3. The number of nitrogens with one attached hydrogen (secondary N) is 1. The zero-order valence-corrected chi connectivity index (χ0v) is 12.9. The van der Waals surface area contributed by atoms with Gasteiger partial charge in [-0.25, -0.2) is 0 Å². The van der Waals surface area contributed by atoms with Crippen LogP contribution in [0.1, 0.15) is 45.4 Å². The van der Waals surface area contributed by atoms with Gasteiger partial charge < -0.3 is 5.32 Å². The van der Waals surface area contributed by atoms with Crippen molar-refractivity contribution in [1.82, 2.24) is 5.32 Å². The van der Waals surface area contributed by atoms with Crippen molar-refractivity contribution in [1.29, 1.82) is 0 Å². The van der Waals surface area contributed by atoms with Crippen LogP contribution in [0, 0.1) is 5.92 Å².